The Kier molecular flexibility index (Phi) is 6.12. The fraction of sp³-hybridized carbons (Fsp3) is 0.188. The lowest BCUT2D eigenvalue weighted by molar-refractivity contribution is 0.0924. The van der Waals surface area contributed by atoms with Gasteiger partial charge in [-0.25, -0.2) is 0 Å². The Morgan fingerprint density at radius 2 is 2.07 bits per heavy atom. The number of benzene rings is 1. The van der Waals surface area contributed by atoms with Crippen LogP contribution in [0.25, 0.3) is 10.6 Å². The van der Waals surface area contributed by atoms with E-state index in [9.17, 15) is 9.59 Å². The topological polar surface area (TPSA) is 119 Å². The zero-order valence-electron chi connectivity index (χ0n) is 14.1. The normalized spacial score (nSPS) is 10.6. The van der Waals surface area contributed by atoms with E-state index in [1.807, 2.05) is 12.1 Å². The lowest BCUT2D eigenvalue weighted by atomic mass is 10.2. The Morgan fingerprint density at radius 3 is 2.85 bits per heavy atom. The molecule has 11 heteroatoms. The molecule has 0 atom stereocenters. The van der Waals surface area contributed by atoms with Crippen molar-refractivity contribution in [2.45, 2.75) is 0 Å². The average molecular weight is 408 g/mol. The number of nitrogens with zero attached hydrogens (tertiary/aromatic N) is 3. The van der Waals surface area contributed by atoms with Crippen LogP contribution in [0.4, 0.5) is 5.13 Å². The van der Waals surface area contributed by atoms with Crippen LogP contribution in [-0.2, 0) is 4.74 Å². The molecule has 140 valence electrons. The fourth-order valence-corrected chi connectivity index (χ4v) is 3.08. The van der Waals surface area contributed by atoms with Crippen molar-refractivity contribution in [3.05, 3.63) is 46.8 Å². The molecule has 0 saturated heterocycles. The maximum absolute atomic E-state index is 12.2. The molecule has 0 radical (unpaired) electrons. The van der Waals surface area contributed by atoms with Gasteiger partial charge in [0.1, 0.15) is 0 Å². The number of anilines is 1. The van der Waals surface area contributed by atoms with Gasteiger partial charge in [0.25, 0.3) is 11.8 Å². The van der Waals surface area contributed by atoms with Gasteiger partial charge in [-0.1, -0.05) is 46.3 Å². The predicted octanol–water partition coefficient (Wildman–Crippen LogP) is 2.47. The number of carbonyl (C=O) groups excluding carboxylic acids is 2. The Balaban J connectivity index is 1.65. The van der Waals surface area contributed by atoms with Crippen LogP contribution in [0.1, 0.15) is 21.0 Å². The van der Waals surface area contributed by atoms with Gasteiger partial charge in [0.15, 0.2) is 10.7 Å². The molecule has 1 aromatic carbocycles. The standard InChI is InChI=1S/C16H14ClN5O4S/c1-25-7-6-18-13(23)11-8-12(26-22-11)14(24)19-16-21-20-15(27-16)9-4-2-3-5-10(9)17/h2-5,8H,6-7H2,1H3,(H,18,23)(H,19,21,24). The third kappa shape index (κ3) is 4.67. The van der Waals surface area contributed by atoms with Crippen LogP contribution < -0.4 is 10.6 Å². The molecule has 0 fully saturated rings. The van der Waals surface area contributed by atoms with Crippen molar-refractivity contribution in [3.8, 4) is 10.6 Å². The third-order valence-corrected chi connectivity index (χ3v) is 4.51. The molecule has 27 heavy (non-hydrogen) atoms. The van der Waals surface area contributed by atoms with E-state index in [2.05, 4.69) is 26.0 Å². The third-order valence-electron chi connectivity index (χ3n) is 3.31. The molecule has 3 rings (SSSR count). The molecule has 2 aromatic heterocycles. The van der Waals surface area contributed by atoms with Gasteiger partial charge < -0.3 is 14.6 Å². The maximum Gasteiger partial charge on any atom is 0.296 e. The van der Waals surface area contributed by atoms with Crippen LogP contribution >= 0.6 is 22.9 Å². The van der Waals surface area contributed by atoms with Gasteiger partial charge in [-0.2, -0.15) is 0 Å². The van der Waals surface area contributed by atoms with Crippen molar-refractivity contribution in [2.75, 3.05) is 25.6 Å². The van der Waals surface area contributed by atoms with E-state index in [-0.39, 0.29) is 16.6 Å². The molecule has 0 aliphatic rings. The number of nitrogens with one attached hydrogen (secondary N) is 2. The van der Waals surface area contributed by atoms with E-state index >= 15 is 0 Å². The van der Waals surface area contributed by atoms with Gasteiger partial charge in [-0.15, -0.1) is 10.2 Å². The van der Waals surface area contributed by atoms with Gasteiger partial charge in [0.05, 0.1) is 11.6 Å². The van der Waals surface area contributed by atoms with E-state index < -0.39 is 11.8 Å². The second kappa shape index (κ2) is 8.71. The number of carbonyl (C=O) groups is 2. The molecule has 2 amide bonds. The highest BCUT2D eigenvalue weighted by molar-refractivity contribution is 7.18. The first-order valence-corrected chi connectivity index (χ1v) is 8.91. The number of rotatable bonds is 7. The molecule has 0 aliphatic heterocycles. The van der Waals surface area contributed by atoms with E-state index in [0.29, 0.717) is 28.7 Å². The smallest absolute Gasteiger partial charge is 0.296 e. The first kappa shape index (κ1) is 19.0. The quantitative estimate of drug-likeness (QED) is 0.577. The van der Waals surface area contributed by atoms with Gasteiger partial charge in [-0.3, -0.25) is 14.9 Å². The summed E-state index contributed by atoms with van der Waals surface area (Å²) in [4.78, 5) is 24.1. The van der Waals surface area contributed by atoms with Crippen LogP contribution in [-0.4, -0.2) is 47.4 Å². The zero-order valence-corrected chi connectivity index (χ0v) is 15.6. The summed E-state index contributed by atoms with van der Waals surface area (Å²) in [6.45, 7) is 0.682. The first-order chi connectivity index (χ1) is 13.1. The molecule has 2 heterocycles. The predicted molar refractivity (Wildman–Crippen MR) is 99.0 cm³/mol. The van der Waals surface area contributed by atoms with Gasteiger partial charge in [-0.05, 0) is 6.07 Å². The summed E-state index contributed by atoms with van der Waals surface area (Å²) in [7, 11) is 1.52. The van der Waals surface area contributed by atoms with Crippen LogP contribution in [0.15, 0.2) is 34.9 Å². The Hall–Kier alpha value is -2.82. The first-order valence-electron chi connectivity index (χ1n) is 7.72. The van der Waals surface area contributed by atoms with Gasteiger partial charge in [0, 0.05) is 25.3 Å². The summed E-state index contributed by atoms with van der Waals surface area (Å²) in [6, 6.07) is 8.42. The highest BCUT2D eigenvalue weighted by Crippen LogP contribution is 2.31. The van der Waals surface area contributed by atoms with Crippen molar-refractivity contribution in [2.24, 2.45) is 0 Å². The molecular weight excluding hydrogens is 394 g/mol. The highest BCUT2D eigenvalue weighted by Gasteiger charge is 2.19. The van der Waals surface area contributed by atoms with E-state index in [0.717, 1.165) is 11.3 Å². The van der Waals surface area contributed by atoms with Crippen LogP contribution in [0.3, 0.4) is 0 Å². The van der Waals surface area contributed by atoms with Crippen molar-refractivity contribution in [1.29, 1.82) is 0 Å². The summed E-state index contributed by atoms with van der Waals surface area (Å²) in [5.41, 5.74) is 0.706. The Bertz CT molecular complexity index is 958. The molecule has 0 unspecified atom stereocenters. The van der Waals surface area contributed by atoms with E-state index in [4.69, 9.17) is 20.9 Å². The molecule has 2 N–H and O–H groups in total. The fourth-order valence-electron chi connectivity index (χ4n) is 2.02. The number of hydrogen-bond acceptors (Lipinski definition) is 8. The molecule has 0 saturated carbocycles. The van der Waals surface area contributed by atoms with Crippen LogP contribution in [0.5, 0.6) is 0 Å². The Labute approximate surface area is 162 Å². The van der Waals surface area contributed by atoms with Gasteiger partial charge >= 0.3 is 0 Å². The maximum atomic E-state index is 12.2. The molecule has 0 aliphatic carbocycles. The summed E-state index contributed by atoms with van der Waals surface area (Å²) >= 11 is 7.29. The van der Waals surface area contributed by atoms with Crippen molar-refractivity contribution < 1.29 is 18.8 Å². The van der Waals surface area contributed by atoms with Crippen LogP contribution in [0.2, 0.25) is 5.02 Å². The number of ether oxygens (including phenoxy) is 1. The largest absolute Gasteiger partial charge is 0.383 e. The van der Waals surface area contributed by atoms with Gasteiger partial charge in [0.2, 0.25) is 10.9 Å². The lowest BCUT2D eigenvalue weighted by Crippen LogP contribution is -2.27. The monoisotopic (exact) mass is 407 g/mol. The number of aromatic nitrogens is 3. The second-order valence-corrected chi connectivity index (χ2v) is 6.56. The van der Waals surface area contributed by atoms with Crippen molar-refractivity contribution in [1.82, 2.24) is 20.7 Å². The zero-order chi connectivity index (χ0) is 19.2. The molecular formula is C16H14ClN5O4S. The number of amides is 2. The summed E-state index contributed by atoms with van der Waals surface area (Å²) in [5, 5.41) is 18.0. The highest BCUT2D eigenvalue weighted by atomic mass is 35.5. The average Bonchev–Trinajstić information content (AvgIpc) is 3.32. The lowest BCUT2D eigenvalue weighted by Gasteiger charge is -2.00. The SMILES string of the molecule is COCCNC(=O)c1cc(C(=O)Nc2nnc(-c3ccccc3Cl)s2)on1. The minimum absolute atomic E-state index is 0.00901. The van der Waals surface area contributed by atoms with E-state index in [1.165, 1.54) is 13.2 Å². The summed E-state index contributed by atoms with van der Waals surface area (Å²) in [5.74, 6) is -1.19. The Morgan fingerprint density at radius 1 is 1.26 bits per heavy atom. The minimum atomic E-state index is -0.597. The van der Waals surface area contributed by atoms with Crippen molar-refractivity contribution in [3.63, 3.8) is 0 Å². The van der Waals surface area contributed by atoms with E-state index in [1.54, 1.807) is 12.1 Å². The van der Waals surface area contributed by atoms with Crippen molar-refractivity contribution >= 4 is 39.9 Å². The number of halogens is 1. The summed E-state index contributed by atoms with van der Waals surface area (Å²) < 4.78 is 9.75. The molecule has 3 aromatic rings. The summed E-state index contributed by atoms with van der Waals surface area (Å²) in [6.07, 6.45) is 0. The molecule has 0 spiro atoms. The second-order valence-electron chi connectivity index (χ2n) is 5.17. The molecule has 0 bridgehead atoms. The molecule has 9 nitrogen and oxygen atoms in total. The minimum Gasteiger partial charge on any atom is -0.383 e. The number of methoxy groups -OCH3 is 1. The van der Waals surface area contributed by atoms with Crippen LogP contribution in [0, 0.1) is 0 Å². The number of hydrogen-bond donors (Lipinski definition) is 2.